The predicted octanol–water partition coefficient (Wildman–Crippen LogP) is 1.30. The van der Waals surface area contributed by atoms with Gasteiger partial charge >= 0.3 is 6.02 Å². The molecule has 5 heteroatoms. The number of ether oxygens (including phenoxy) is 1. The maximum Gasteiger partial charge on any atom is 0.312 e. The molecule has 0 aromatic carbocycles. The van der Waals surface area contributed by atoms with Crippen LogP contribution in [0.15, 0.2) is 15.0 Å². The number of halogens is 1. The second-order valence-electron chi connectivity index (χ2n) is 1.60. The van der Waals surface area contributed by atoms with Gasteiger partial charge < -0.3 is 4.74 Å². The Kier molecular flexibility index (Phi) is 5.37. The normalized spacial score (nSPS) is 14.2. The van der Waals surface area contributed by atoms with Gasteiger partial charge in [0.15, 0.2) is 0 Å². The Morgan fingerprint density at radius 1 is 1.55 bits per heavy atom. The fraction of sp³-hybridized carbons (Fsp3) is 0.500. The molecule has 0 rings (SSSR count). The first-order valence-electron chi connectivity index (χ1n) is 2.93. The van der Waals surface area contributed by atoms with E-state index in [2.05, 4.69) is 15.0 Å². The molecule has 11 heavy (non-hydrogen) atoms. The summed E-state index contributed by atoms with van der Waals surface area (Å²) in [6, 6.07) is 0.282. The molecule has 0 fully saturated rings. The van der Waals surface area contributed by atoms with Gasteiger partial charge in [-0.3, -0.25) is 0 Å². The van der Waals surface area contributed by atoms with Crippen LogP contribution in [0.2, 0.25) is 0 Å². The molecule has 0 aliphatic rings. The first-order chi connectivity index (χ1) is 5.24. The summed E-state index contributed by atoms with van der Waals surface area (Å²) in [5.74, 6) is 0.502. The number of aliphatic imine (C=N–C) groups is 3. The van der Waals surface area contributed by atoms with Crippen LogP contribution in [0.1, 0.15) is 6.92 Å². The Bertz CT molecular complexity index is 198. The molecule has 0 aliphatic carbocycles. The van der Waals surface area contributed by atoms with Crippen LogP contribution >= 0.6 is 11.6 Å². The van der Waals surface area contributed by atoms with E-state index in [1.165, 1.54) is 7.11 Å². The molecule has 4 nitrogen and oxygen atoms in total. The van der Waals surface area contributed by atoms with Crippen LogP contribution < -0.4 is 0 Å². The van der Waals surface area contributed by atoms with Crippen molar-refractivity contribution in [3.63, 3.8) is 0 Å². The van der Waals surface area contributed by atoms with Crippen LogP contribution in [0, 0.1) is 0 Å². The third-order valence-corrected chi connectivity index (χ3v) is 0.965. The average molecular weight is 176 g/mol. The molecule has 0 N–H and O–H groups in total. The van der Waals surface area contributed by atoms with Gasteiger partial charge in [-0.2, -0.15) is 4.99 Å². The van der Waals surface area contributed by atoms with E-state index < -0.39 is 0 Å². The summed E-state index contributed by atoms with van der Waals surface area (Å²) in [7, 11) is 3.07. The monoisotopic (exact) mass is 175 g/mol. The highest BCUT2D eigenvalue weighted by Crippen LogP contribution is 1.85. The predicted molar refractivity (Wildman–Crippen MR) is 47.8 cm³/mol. The van der Waals surface area contributed by atoms with Crippen molar-refractivity contribution in [3.05, 3.63) is 0 Å². The van der Waals surface area contributed by atoms with E-state index in [1.807, 2.05) is 0 Å². The highest BCUT2D eigenvalue weighted by molar-refractivity contribution is 6.57. The Morgan fingerprint density at radius 2 is 2.18 bits per heavy atom. The minimum atomic E-state index is 0.282. The van der Waals surface area contributed by atoms with Crippen LogP contribution in [-0.4, -0.2) is 31.7 Å². The van der Waals surface area contributed by atoms with Crippen LogP contribution in [0.5, 0.6) is 0 Å². The molecule has 0 spiro atoms. The first-order valence-corrected chi connectivity index (χ1v) is 3.37. The lowest BCUT2D eigenvalue weighted by molar-refractivity contribution is 0.396. The Hall–Kier alpha value is -0.900. The van der Waals surface area contributed by atoms with Gasteiger partial charge in [-0.05, 0) is 6.92 Å². The molecule has 0 aliphatic heterocycles. The third-order valence-electron chi connectivity index (χ3n) is 0.867. The Morgan fingerprint density at radius 3 is 2.55 bits per heavy atom. The number of amidine groups is 2. The lowest BCUT2D eigenvalue weighted by atomic mass is 10.7. The van der Waals surface area contributed by atoms with Crippen molar-refractivity contribution in [1.82, 2.24) is 0 Å². The molecular weight excluding hydrogens is 166 g/mol. The van der Waals surface area contributed by atoms with Crippen molar-refractivity contribution in [2.45, 2.75) is 6.92 Å². The van der Waals surface area contributed by atoms with Gasteiger partial charge in [0.1, 0.15) is 5.84 Å². The van der Waals surface area contributed by atoms with Gasteiger partial charge in [-0.1, -0.05) is 11.6 Å². The molecule has 0 saturated heterocycles. The highest BCUT2D eigenvalue weighted by atomic mass is 35.5. The molecule has 0 aromatic rings. The van der Waals surface area contributed by atoms with E-state index in [0.717, 1.165) is 5.67 Å². The zero-order chi connectivity index (χ0) is 8.69. The van der Waals surface area contributed by atoms with Crippen molar-refractivity contribution in [2.24, 2.45) is 15.0 Å². The number of nitrogens with zero attached hydrogens (tertiary/aromatic N) is 3. The van der Waals surface area contributed by atoms with Gasteiger partial charge in [0, 0.05) is 7.05 Å². The maximum atomic E-state index is 5.21. The molecule has 0 radical (unpaired) electrons. The fourth-order valence-electron chi connectivity index (χ4n) is 0.425. The molecular formula is C6H10ClN3O. The van der Waals surface area contributed by atoms with Gasteiger partial charge in [0.05, 0.1) is 12.8 Å². The summed E-state index contributed by atoms with van der Waals surface area (Å²) in [6.45, 7) is 1.70. The van der Waals surface area contributed by atoms with E-state index in [9.17, 15) is 0 Å². The largest absolute Gasteiger partial charge is 0.467 e. The molecule has 0 heterocycles. The standard InChI is InChI=1S/C6H10ClN3O/c1-5(9-4-7)10-6(8-2)11-3/h4H,1-3H3. The number of rotatable bonds is 0. The van der Waals surface area contributed by atoms with E-state index in [1.54, 1.807) is 14.0 Å². The number of methoxy groups -OCH3 is 1. The number of hydrogen-bond donors (Lipinski definition) is 0. The van der Waals surface area contributed by atoms with E-state index in [0.29, 0.717) is 5.84 Å². The summed E-state index contributed by atoms with van der Waals surface area (Å²) in [4.78, 5) is 11.3. The number of hydrogen-bond acceptors (Lipinski definition) is 2. The quantitative estimate of drug-likeness (QED) is 0.405. The fourth-order valence-corrected chi connectivity index (χ4v) is 0.566. The molecule has 62 valence electrons. The summed E-state index contributed by atoms with van der Waals surface area (Å²) in [5.41, 5.74) is 1.14. The van der Waals surface area contributed by atoms with Crippen LogP contribution in [0.3, 0.4) is 0 Å². The van der Waals surface area contributed by atoms with Gasteiger partial charge in [-0.25, -0.2) is 9.98 Å². The molecule has 0 atom stereocenters. The van der Waals surface area contributed by atoms with Crippen molar-refractivity contribution in [2.75, 3.05) is 14.2 Å². The maximum absolute atomic E-state index is 5.21. The second-order valence-corrected chi connectivity index (χ2v) is 1.79. The molecule has 0 aromatic heterocycles. The topological polar surface area (TPSA) is 46.3 Å². The summed E-state index contributed by atoms with van der Waals surface area (Å²) in [5, 5.41) is 0. The van der Waals surface area contributed by atoms with Gasteiger partial charge in [0.2, 0.25) is 0 Å². The lowest BCUT2D eigenvalue weighted by Crippen LogP contribution is -2.00. The van der Waals surface area contributed by atoms with Crippen molar-refractivity contribution in [1.29, 1.82) is 0 Å². The molecule has 0 amide bonds. The van der Waals surface area contributed by atoms with Crippen LogP contribution in [0.4, 0.5) is 0 Å². The van der Waals surface area contributed by atoms with Crippen LogP contribution in [-0.2, 0) is 4.74 Å². The third kappa shape index (κ3) is 4.50. The van der Waals surface area contributed by atoms with Crippen molar-refractivity contribution >= 4 is 29.1 Å². The summed E-state index contributed by atoms with van der Waals surface area (Å²) < 4.78 is 4.76. The summed E-state index contributed by atoms with van der Waals surface area (Å²) >= 11 is 5.21. The van der Waals surface area contributed by atoms with E-state index >= 15 is 0 Å². The second kappa shape index (κ2) is 5.85. The minimum absolute atomic E-state index is 0.282. The van der Waals surface area contributed by atoms with Crippen molar-refractivity contribution < 1.29 is 4.74 Å². The first kappa shape index (κ1) is 10.1. The smallest absolute Gasteiger partial charge is 0.312 e. The Labute approximate surface area is 70.7 Å². The zero-order valence-corrected chi connectivity index (χ0v) is 7.46. The average Bonchev–Trinajstić information content (AvgIpc) is 2.01. The SMILES string of the molecule is CN=C(N=C(C)N=CCl)OC. The minimum Gasteiger partial charge on any atom is -0.467 e. The molecule has 0 bridgehead atoms. The Balaban J connectivity index is 4.27. The molecule has 0 saturated carbocycles. The zero-order valence-electron chi connectivity index (χ0n) is 6.71. The molecule has 0 unspecified atom stereocenters. The van der Waals surface area contributed by atoms with Crippen LogP contribution in [0.25, 0.3) is 0 Å². The lowest BCUT2D eigenvalue weighted by Gasteiger charge is -1.95. The van der Waals surface area contributed by atoms with E-state index in [-0.39, 0.29) is 6.02 Å². The van der Waals surface area contributed by atoms with Gasteiger partial charge in [0.25, 0.3) is 0 Å². The van der Waals surface area contributed by atoms with Gasteiger partial charge in [-0.15, -0.1) is 0 Å². The van der Waals surface area contributed by atoms with E-state index in [4.69, 9.17) is 16.3 Å². The van der Waals surface area contributed by atoms with Crippen molar-refractivity contribution in [3.8, 4) is 0 Å². The highest BCUT2D eigenvalue weighted by Gasteiger charge is 1.91. The summed E-state index contributed by atoms with van der Waals surface area (Å²) in [6.07, 6.45) is 0.